The average Bonchev–Trinajstić information content (AvgIpc) is 3.00. The van der Waals surface area contributed by atoms with Crippen molar-refractivity contribution >= 4 is 15.9 Å². The van der Waals surface area contributed by atoms with E-state index in [0.717, 1.165) is 31.3 Å². The van der Waals surface area contributed by atoms with Crippen LogP contribution in [0.25, 0.3) is 0 Å². The van der Waals surface area contributed by atoms with Crippen LogP contribution in [0.2, 0.25) is 0 Å². The van der Waals surface area contributed by atoms with E-state index in [1.807, 2.05) is 0 Å². The standard InChI is InChI=1S/C11H17BrN2/c12-8-11(3-4-11)9-14-5-1-10(7-13)2-6-14/h10H,1-6,8-9H2. The Morgan fingerprint density at radius 2 is 2.00 bits per heavy atom. The third-order valence-corrected chi connectivity index (χ3v) is 4.76. The highest BCUT2D eigenvalue weighted by molar-refractivity contribution is 9.09. The summed E-state index contributed by atoms with van der Waals surface area (Å²) in [4.78, 5) is 2.54. The van der Waals surface area contributed by atoms with E-state index in [9.17, 15) is 0 Å². The molecule has 78 valence electrons. The minimum atomic E-state index is 0.324. The van der Waals surface area contributed by atoms with Gasteiger partial charge in [-0.05, 0) is 44.2 Å². The number of nitrogens with zero attached hydrogens (tertiary/aromatic N) is 2. The number of hydrogen-bond donors (Lipinski definition) is 0. The van der Waals surface area contributed by atoms with E-state index < -0.39 is 0 Å². The number of likely N-dealkylation sites (tertiary alicyclic amines) is 1. The van der Waals surface area contributed by atoms with Gasteiger partial charge in [0.25, 0.3) is 0 Å². The Kier molecular flexibility index (Phi) is 3.14. The molecule has 0 amide bonds. The van der Waals surface area contributed by atoms with Gasteiger partial charge in [0.15, 0.2) is 0 Å². The molecule has 1 heterocycles. The highest BCUT2D eigenvalue weighted by Crippen LogP contribution is 2.47. The van der Waals surface area contributed by atoms with E-state index in [1.165, 1.54) is 19.4 Å². The van der Waals surface area contributed by atoms with Crippen molar-refractivity contribution in [2.24, 2.45) is 11.3 Å². The molecule has 1 aliphatic carbocycles. The van der Waals surface area contributed by atoms with Crippen LogP contribution >= 0.6 is 15.9 Å². The Morgan fingerprint density at radius 1 is 1.36 bits per heavy atom. The summed E-state index contributed by atoms with van der Waals surface area (Å²) < 4.78 is 0. The molecule has 0 atom stereocenters. The lowest BCUT2D eigenvalue weighted by atomic mass is 9.97. The predicted molar refractivity (Wildman–Crippen MR) is 60.2 cm³/mol. The zero-order chi connectivity index (χ0) is 10.0. The van der Waals surface area contributed by atoms with Gasteiger partial charge < -0.3 is 4.90 Å². The number of hydrogen-bond acceptors (Lipinski definition) is 2. The lowest BCUT2D eigenvalue weighted by Gasteiger charge is -2.31. The number of rotatable bonds is 3. The zero-order valence-electron chi connectivity index (χ0n) is 8.51. The fraction of sp³-hybridized carbons (Fsp3) is 0.909. The van der Waals surface area contributed by atoms with Crippen LogP contribution in [0.15, 0.2) is 0 Å². The van der Waals surface area contributed by atoms with Crippen LogP contribution in [0, 0.1) is 22.7 Å². The van der Waals surface area contributed by atoms with Crippen molar-refractivity contribution < 1.29 is 0 Å². The Bertz CT molecular complexity index is 234. The number of piperidine rings is 1. The van der Waals surface area contributed by atoms with Gasteiger partial charge in [-0.15, -0.1) is 0 Å². The Hall–Kier alpha value is -0.0700. The van der Waals surface area contributed by atoms with Gasteiger partial charge in [0.05, 0.1) is 6.07 Å². The molecule has 2 rings (SSSR count). The lowest BCUT2D eigenvalue weighted by Crippen LogP contribution is -2.37. The molecule has 1 saturated carbocycles. The first-order valence-electron chi connectivity index (χ1n) is 5.46. The number of halogens is 1. The van der Waals surface area contributed by atoms with Crippen LogP contribution in [0.3, 0.4) is 0 Å². The second kappa shape index (κ2) is 4.20. The summed E-state index contributed by atoms with van der Waals surface area (Å²) in [5.41, 5.74) is 0.597. The second-order valence-corrected chi connectivity index (χ2v) is 5.37. The lowest BCUT2D eigenvalue weighted by molar-refractivity contribution is 0.177. The molecule has 2 nitrogen and oxygen atoms in total. The minimum absolute atomic E-state index is 0.324. The topological polar surface area (TPSA) is 27.0 Å². The van der Waals surface area contributed by atoms with E-state index in [4.69, 9.17) is 5.26 Å². The summed E-state index contributed by atoms with van der Waals surface area (Å²) in [6, 6.07) is 2.38. The molecule has 3 heteroatoms. The molecule has 0 aromatic rings. The van der Waals surface area contributed by atoms with Crippen LogP contribution < -0.4 is 0 Å². The largest absolute Gasteiger partial charge is 0.303 e. The highest BCUT2D eigenvalue weighted by Gasteiger charge is 2.43. The monoisotopic (exact) mass is 256 g/mol. The smallest absolute Gasteiger partial charge is 0.0656 e. The maximum atomic E-state index is 8.79. The van der Waals surface area contributed by atoms with E-state index in [2.05, 4.69) is 26.9 Å². The molecule has 1 saturated heterocycles. The van der Waals surface area contributed by atoms with Crippen molar-refractivity contribution in [3.05, 3.63) is 0 Å². The Balaban J connectivity index is 1.76. The molecule has 0 aromatic heterocycles. The van der Waals surface area contributed by atoms with E-state index in [1.54, 1.807) is 0 Å². The van der Waals surface area contributed by atoms with Crippen molar-refractivity contribution in [1.29, 1.82) is 5.26 Å². The normalized spacial score (nSPS) is 27.1. The van der Waals surface area contributed by atoms with Crippen molar-refractivity contribution in [3.8, 4) is 6.07 Å². The third-order valence-electron chi connectivity index (χ3n) is 3.57. The summed E-state index contributed by atoms with van der Waals surface area (Å²) in [5.74, 6) is 0.324. The Morgan fingerprint density at radius 3 is 2.43 bits per heavy atom. The maximum absolute atomic E-state index is 8.79. The predicted octanol–water partition coefficient (Wildman–Crippen LogP) is 2.40. The zero-order valence-corrected chi connectivity index (χ0v) is 10.1. The van der Waals surface area contributed by atoms with Gasteiger partial charge in [0, 0.05) is 17.8 Å². The van der Waals surface area contributed by atoms with E-state index in [-0.39, 0.29) is 0 Å². The molecule has 0 aromatic carbocycles. The number of alkyl halides is 1. The van der Waals surface area contributed by atoms with Crippen LogP contribution in [-0.2, 0) is 0 Å². The summed E-state index contributed by atoms with van der Waals surface area (Å²) in [5, 5.41) is 9.94. The van der Waals surface area contributed by atoms with Gasteiger partial charge in [-0.3, -0.25) is 0 Å². The molecule has 0 bridgehead atoms. The van der Waals surface area contributed by atoms with Crippen molar-refractivity contribution in [1.82, 2.24) is 4.90 Å². The summed E-state index contributed by atoms with van der Waals surface area (Å²) in [6.45, 7) is 3.51. The average molecular weight is 257 g/mol. The molecule has 1 aliphatic heterocycles. The molecular weight excluding hydrogens is 240 g/mol. The molecule has 0 N–H and O–H groups in total. The maximum Gasteiger partial charge on any atom is 0.0656 e. The van der Waals surface area contributed by atoms with Gasteiger partial charge in [-0.25, -0.2) is 0 Å². The van der Waals surface area contributed by atoms with E-state index in [0.29, 0.717) is 11.3 Å². The van der Waals surface area contributed by atoms with Crippen LogP contribution in [0.1, 0.15) is 25.7 Å². The van der Waals surface area contributed by atoms with Crippen molar-refractivity contribution in [2.45, 2.75) is 25.7 Å². The fourth-order valence-corrected chi connectivity index (χ4v) is 2.94. The number of nitriles is 1. The first-order chi connectivity index (χ1) is 6.78. The first-order valence-corrected chi connectivity index (χ1v) is 6.58. The molecule has 0 radical (unpaired) electrons. The highest BCUT2D eigenvalue weighted by atomic mass is 79.9. The quantitative estimate of drug-likeness (QED) is 0.726. The summed E-state index contributed by atoms with van der Waals surface area (Å²) in [7, 11) is 0. The SMILES string of the molecule is N#CC1CCN(CC2(CBr)CC2)CC1. The molecule has 0 spiro atoms. The molecular formula is C11H17BrN2. The Labute approximate surface area is 94.4 Å². The van der Waals surface area contributed by atoms with Gasteiger partial charge >= 0.3 is 0 Å². The summed E-state index contributed by atoms with van der Waals surface area (Å²) in [6.07, 6.45) is 4.93. The molecule has 2 fully saturated rings. The summed E-state index contributed by atoms with van der Waals surface area (Å²) >= 11 is 3.61. The third kappa shape index (κ3) is 2.29. The van der Waals surface area contributed by atoms with Crippen molar-refractivity contribution in [3.63, 3.8) is 0 Å². The van der Waals surface area contributed by atoms with E-state index >= 15 is 0 Å². The van der Waals surface area contributed by atoms with Gasteiger partial charge in [0.2, 0.25) is 0 Å². The van der Waals surface area contributed by atoms with Gasteiger partial charge in [0.1, 0.15) is 0 Å². The molecule has 14 heavy (non-hydrogen) atoms. The van der Waals surface area contributed by atoms with Gasteiger partial charge in [-0.1, -0.05) is 15.9 Å². The molecule has 0 unspecified atom stereocenters. The van der Waals surface area contributed by atoms with Crippen LogP contribution in [0.4, 0.5) is 0 Å². The van der Waals surface area contributed by atoms with Crippen LogP contribution in [-0.4, -0.2) is 29.9 Å². The molecule has 2 aliphatic rings. The first kappa shape index (κ1) is 10.4. The van der Waals surface area contributed by atoms with Crippen molar-refractivity contribution in [2.75, 3.05) is 25.0 Å². The van der Waals surface area contributed by atoms with Gasteiger partial charge in [-0.2, -0.15) is 5.26 Å². The van der Waals surface area contributed by atoms with Crippen LogP contribution in [0.5, 0.6) is 0 Å². The fourth-order valence-electron chi connectivity index (χ4n) is 2.21. The minimum Gasteiger partial charge on any atom is -0.303 e. The second-order valence-electron chi connectivity index (χ2n) is 4.81.